The van der Waals surface area contributed by atoms with Crippen LogP contribution in [0, 0.1) is 0 Å². The molecule has 2 aliphatic heterocycles. The first-order valence-electron chi connectivity index (χ1n) is 6.66. The minimum atomic E-state index is -0.129. The Bertz CT molecular complexity index is 536. The number of nitrogens with zero attached hydrogens (tertiary/aromatic N) is 3. The minimum Gasteiger partial charge on any atom is -0.338 e. The zero-order valence-corrected chi connectivity index (χ0v) is 11.0. The monoisotopic (exact) mass is 273 g/mol. The van der Waals surface area contributed by atoms with Crippen molar-refractivity contribution in [1.29, 1.82) is 0 Å². The lowest BCUT2D eigenvalue weighted by Crippen LogP contribution is -2.62. The van der Waals surface area contributed by atoms with E-state index in [-0.39, 0.29) is 23.8 Å². The van der Waals surface area contributed by atoms with Gasteiger partial charge in [0, 0.05) is 38.3 Å². The Hall–Kier alpha value is -2.24. The predicted octanol–water partition coefficient (Wildman–Crippen LogP) is -0.0161. The van der Waals surface area contributed by atoms with Crippen LogP contribution in [0.25, 0.3) is 0 Å². The lowest BCUT2D eigenvalue weighted by Gasteiger charge is -2.43. The van der Waals surface area contributed by atoms with Gasteiger partial charge in [-0.1, -0.05) is 6.07 Å². The molecule has 3 heterocycles. The fourth-order valence-corrected chi connectivity index (χ4v) is 2.61. The van der Waals surface area contributed by atoms with Crippen molar-refractivity contribution in [3.05, 3.63) is 30.1 Å². The first-order valence-corrected chi connectivity index (χ1v) is 6.66. The van der Waals surface area contributed by atoms with Gasteiger partial charge < -0.3 is 4.90 Å². The van der Waals surface area contributed by atoms with Crippen molar-refractivity contribution in [2.45, 2.75) is 25.3 Å². The molecule has 0 unspecified atom stereocenters. The maximum absolute atomic E-state index is 12.0. The second-order valence-electron chi connectivity index (χ2n) is 5.15. The molecule has 2 fully saturated rings. The summed E-state index contributed by atoms with van der Waals surface area (Å²) in [7, 11) is 0. The van der Waals surface area contributed by atoms with Gasteiger partial charge in [0.15, 0.2) is 0 Å². The van der Waals surface area contributed by atoms with Crippen LogP contribution in [0.5, 0.6) is 0 Å². The molecule has 20 heavy (non-hydrogen) atoms. The van der Waals surface area contributed by atoms with Gasteiger partial charge in [0.2, 0.25) is 17.7 Å². The number of rotatable bonds is 3. The Morgan fingerprint density at radius 1 is 1.25 bits per heavy atom. The van der Waals surface area contributed by atoms with Crippen molar-refractivity contribution in [2.24, 2.45) is 0 Å². The van der Waals surface area contributed by atoms with Crippen LogP contribution in [-0.4, -0.2) is 51.6 Å². The molecule has 1 aromatic rings. The molecule has 3 amide bonds. The number of carbonyl (C=O) groups is 3. The lowest BCUT2D eigenvalue weighted by molar-refractivity contribution is -0.151. The molecule has 3 rings (SSSR count). The number of hydrogen-bond acceptors (Lipinski definition) is 4. The SMILES string of the molecule is O=C(Cc1cccnc1)N1CC(N2C(=O)CCC2=O)C1. The molecule has 6 nitrogen and oxygen atoms in total. The standard InChI is InChI=1S/C14H15N3O3/c18-12-3-4-13(19)17(12)11-8-16(9-11)14(20)6-10-2-1-5-15-7-10/h1-2,5,7,11H,3-4,6,8-9H2. The number of carbonyl (C=O) groups excluding carboxylic acids is 3. The number of pyridine rings is 1. The Kier molecular flexibility index (Phi) is 3.22. The fraction of sp³-hybridized carbons (Fsp3) is 0.429. The Labute approximate surface area is 116 Å². The van der Waals surface area contributed by atoms with E-state index in [2.05, 4.69) is 4.98 Å². The average molecular weight is 273 g/mol. The smallest absolute Gasteiger partial charge is 0.230 e. The maximum Gasteiger partial charge on any atom is 0.230 e. The van der Waals surface area contributed by atoms with Crippen LogP contribution in [0.3, 0.4) is 0 Å². The molecular weight excluding hydrogens is 258 g/mol. The summed E-state index contributed by atoms with van der Waals surface area (Å²) >= 11 is 0. The van der Waals surface area contributed by atoms with E-state index in [1.54, 1.807) is 23.4 Å². The molecule has 0 spiro atoms. The van der Waals surface area contributed by atoms with E-state index in [0.29, 0.717) is 32.4 Å². The molecule has 0 radical (unpaired) electrons. The van der Waals surface area contributed by atoms with Gasteiger partial charge in [0.25, 0.3) is 0 Å². The number of imide groups is 1. The van der Waals surface area contributed by atoms with E-state index >= 15 is 0 Å². The van der Waals surface area contributed by atoms with Crippen LogP contribution in [0.2, 0.25) is 0 Å². The lowest BCUT2D eigenvalue weighted by atomic mass is 10.1. The van der Waals surface area contributed by atoms with E-state index in [4.69, 9.17) is 0 Å². The second-order valence-corrected chi connectivity index (χ2v) is 5.15. The van der Waals surface area contributed by atoms with Crippen molar-refractivity contribution in [1.82, 2.24) is 14.8 Å². The van der Waals surface area contributed by atoms with Crippen LogP contribution >= 0.6 is 0 Å². The van der Waals surface area contributed by atoms with Gasteiger partial charge in [-0.3, -0.25) is 24.3 Å². The van der Waals surface area contributed by atoms with Gasteiger partial charge in [-0.25, -0.2) is 0 Å². The molecule has 0 N–H and O–H groups in total. The third-order valence-corrected chi connectivity index (χ3v) is 3.75. The number of hydrogen-bond donors (Lipinski definition) is 0. The zero-order valence-electron chi connectivity index (χ0n) is 11.0. The summed E-state index contributed by atoms with van der Waals surface area (Å²) in [4.78, 5) is 42.2. The van der Waals surface area contributed by atoms with E-state index in [0.717, 1.165) is 5.56 Å². The first kappa shape index (κ1) is 12.8. The highest BCUT2D eigenvalue weighted by Gasteiger charge is 2.42. The van der Waals surface area contributed by atoms with Gasteiger partial charge in [0.1, 0.15) is 0 Å². The first-order chi connectivity index (χ1) is 9.65. The molecule has 0 atom stereocenters. The van der Waals surface area contributed by atoms with Crippen LogP contribution in [-0.2, 0) is 20.8 Å². The molecule has 104 valence electrons. The Morgan fingerprint density at radius 3 is 2.55 bits per heavy atom. The van der Waals surface area contributed by atoms with Crippen molar-refractivity contribution < 1.29 is 14.4 Å². The van der Waals surface area contributed by atoms with Crippen LogP contribution in [0.4, 0.5) is 0 Å². The van der Waals surface area contributed by atoms with Crippen molar-refractivity contribution >= 4 is 17.7 Å². The highest BCUT2D eigenvalue weighted by molar-refractivity contribution is 6.02. The van der Waals surface area contributed by atoms with Crippen LogP contribution < -0.4 is 0 Å². The van der Waals surface area contributed by atoms with E-state index in [1.165, 1.54) is 4.90 Å². The van der Waals surface area contributed by atoms with Gasteiger partial charge in [-0.05, 0) is 11.6 Å². The molecule has 6 heteroatoms. The summed E-state index contributed by atoms with van der Waals surface area (Å²) in [6.07, 6.45) is 4.25. The molecule has 0 aromatic carbocycles. The summed E-state index contributed by atoms with van der Waals surface area (Å²) in [5.41, 5.74) is 0.870. The summed E-state index contributed by atoms with van der Waals surface area (Å²) in [6.45, 7) is 0.910. The molecule has 2 saturated heterocycles. The van der Waals surface area contributed by atoms with E-state index in [1.807, 2.05) is 6.07 Å². The molecule has 0 bridgehead atoms. The van der Waals surface area contributed by atoms with Gasteiger partial charge >= 0.3 is 0 Å². The third kappa shape index (κ3) is 2.29. The minimum absolute atomic E-state index is 0.00773. The second kappa shape index (κ2) is 5.03. The molecule has 1 aromatic heterocycles. The molecule has 0 saturated carbocycles. The predicted molar refractivity (Wildman–Crippen MR) is 69.4 cm³/mol. The topological polar surface area (TPSA) is 70.6 Å². The zero-order chi connectivity index (χ0) is 14.1. The number of aromatic nitrogens is 1. The average Bonchev–Trinajstić information content (AvgIpc) is 2.70. The van der Waals surface area contributed by atoms with Crippen molar-refractivity contribution in [3.8, 4) is 0 Å². The third-order valence-electron chi connectivity index (χ3n) is 3.75. The van der Waals surface area contributed by atoms with Gasteiger partial charge in [-0.15, -0.1) is 0 Å². The van der Waals surface area contributed by atoms with E-state index in [9.17, 15) is 14.4 Å². The highest BCUT2D eigenvalue weighted by atomic mass is 16.2. The highest BCUT2D eigenvalue weighted by Crippen LogP contribution is 2.22. The van der Waals surface area contributed by atoms with E-state index < -0.39 is 0 Å². The van der Waals surface area contributed by atoms with Crippen molar-refractivity contribution in [3.63, 3.8) is 0 Å². The summed E-state index contributed by atoms with van der Waals surface area (Å²) in [6, 6.07) is 3.52. The number of likely N-dealkylation sites (tertiary alicyclic amines) is 2. The fourth-order valence-electron chi connectivity index (χ4n) is 2.61. The van der Waals surface area contributed by atoms with Crippen LogP contribution in [0.1, 0.15) is 18.4 Å². The van der Waals surface area contributed by atoms with Crippen LogP contribution in [0.15, 0.2) is 24.5 Å². The normalized spacial score (nSPS) is 19.4. The Balaban J connectivity index is 1.54. The maximum atomic E-state index is 12.0. The number of amides is 3. The summed E-state index contributed by atoms with van der Waals surface area (Å²) < 4.78 is 0. The molecule has 2 aliphatic rings. The van der Waals surface area contributed by atoms with Crippen molar-refractivity contribution in [2.75, 3.05) is 13.1 Å². The molecule has 0 aliphatic carbocycles. The Morgan fingerprint density at radius 2 is 1.95 bits per heavy atom. The molecular formula is C14H15N3O3. The largest absolute Gasteiger partial charge is 0.338 e. The van der Waals surface area contributed by atoms with Gasteiger partial charge in [0.05, 0.1) is 12.5 Å². The van der Waals surface area contributed by atoms with Gasteiger partial charge in [-0.2, -0.15) is 0 Å². The quantitative estimate of drug-likeness (QED) is 0.726. The summed E-state index contributed by atoms with van der Waals surface area (Å²) in [5, 5.41) is 0. The summed E-state index contributed by atoms with van der Waals surface area (Å²) in [5.74, 6) is -0.216.